The van der Waals surface area contributed by atoms with E-state index in [0.29, 0.717) is 12.0 Å². The summed E-state index contributed by atoms with van der Waals surface area (Å²) in [5.41, 5.74) is 3.53. The molecule has 4 aliphatic rings. The van der Waals surface area contributed by atoms with E-state index in [9.17, 15) is 4.79 Å². The van der Waals surface area contributed by atoms with Crippen LogP contribution >= 0.6 is 0 Å². The van der Waals surface area contributed by atoms with Crippen molar-refractivity contribution in [1.29, 1.82) is 0 Å². The number of carbonyl (C=O) groups is 1. The number of amides is 1. The quantitative estimate of drug-likeness (QED) is 0.897. The number of nitrogens with one attached hydrogen (secondary N) is 2. The number of aromatic amines is 1. The van der Waals surface area contributed by atoms with Crippen molar-refractivity contribution in [2.24, 2.45) is 23.2 Å². The second kappa shape index (κ2) is 5.10. The Morgan fingerprint density at radius 1 is 1.18 bits per heavy atom. The van der Waals surface area contributed by atoms with Gasteiger partial charge >= 0.3 is 0 Å². The third-order valence-electron chi connectivity index (χ3n) is 6.44. The van der Waals surface area contributed by atoms with E-state index in [1.165, 1.54) is 38.5 Å². The third kappa shape index (κ3) is 2.46. The van der Waals surface area contributed by atoms with Crippen molar-refractivity contribution in [3.63, 3.8) is 0 Å². The van der Waals surface area contributed by atoms with Gasteiger partial charge in [0, 0.05) is 24.2 Å². The summed E-state index contributed by atoms with van der Waals surface area (Å²) in [7, 11) is 0. The van der Waals surface area contributed by atoms with Crippen molar-refractivity contribution >= 4 is 5.91 Å². The number of hydrogen-bond donors (Lipinski definition) is 2. The number of carbonyl (C=O) groups excluding carboxylic acids is 1. The van der Waals surface area contributed by atoms with Crippen molar-refractivity contribution in [2.45, 2.75) is 65.3 Å². The maximum atomic E-state index is 12.5. The molecule has 0 aromatic carbocycles. The molecule has 4 nitrogen and oxygen atoms in total. The first-order valence-electron chi connectivity index (χ1n) is 8.80. The lowest BCUT2D eigenvalue weighted by molar-refractivity contribution is -0.129. The molecule has 2 N–H and O–H groups in total. The summed E-state index contributed by atoms with van der Waals surface area (Å²) in [6, 6.07) is 0. The van der Waals surface area contributed by atoms with E-state index in [1.54, 1.807) is 0 Å². The van der Waals surface area contributed by atoms with Gasteiger partial charge in [0.1, 0.15) is 0 Å². The second-order valence-electron chi connectivity index (χ2n) is 8.28. The van der Waals surface area contributed by atoms with Crippen LogP contribution in [0.3, 0.4) is 0 Å². The van der Waals surface area contributed by atoms with E-state index in [1.807, 2.05) is 13.8 Å². The third-order valence-corrected chi connectivity index (χ3v) is 6.44. The van der Waals surface area contributed by atoms with Gasteiger partial charge in [0.25, 0.3) is 0 Å². The monoisotopic (exact) mass is 301 g/mol. The molecule has 0 spiro atoms. The Hall–Kier alpha value is -1.32. The van der Waals surface area contributed by atoms with Crippen LogP contribution in [0.5, 0.6) is 0 Å². The highest BCUT2D eigenvalue weighted by Crippen LogP contribution is 2.61. The summed E-state index contributed by atoms with van der Waals surface area (Å²) in [5, 5.41) is 10.3. The van der Waals surface area contributed by atoms with Crippen LogP contribution in [-0.2, 0) is 11.3 Å². The zero-order valence-electron chi connectivity index (χ0n) is 13.7. The van der Waals surface area contributed by atoms with E-state index in [-0.39, 0.29) is 5.91 Å². The normalized spacial score (nSPS) is 35.8. The fourth-order valence-electron chi connectivity index (χ4n) is 5.93. The van der Waals surface area contributed by atoms with Gasteiger partial charge in [0.15, 0.2) is 0 Å². The Bertz CT molecular complexity index is 534. The summed E-state index contributed by atoms with van der Waals surface area (Å²) < 4.78 is 0. The maximum Gasteiger partial charge on any atom is 0.220 e. The van der Waals surface area contributed by atoms with Crippen molar-refractivity contribution in [3.8, 4) is 0 Å². The first-order valence-corrected chi connectivity index (χ1v) is 8.80. The average Bonchev–Trinajstić information content (AvgIpc) is 2.73. The molecule has 5 rings (SSSR count). The molecule has 4 saturated carbocycles. The van der Waals surface area contributed by atoms with Crippen molar-refractivity contribution < 1.29 is 4.79 Å². The molecule has 0 radical (unpaired) electrons. The Balaban J connectivity index is 1.38. The molecule has 0 unspecified atom stereocenters. The first-order chi connectivity index (χ1) is 10.5. The zero-order valence-corrected chi connectivity index (χ0v) is 13.7. The van der Waals surface area contributed by atoms with Gasteiger partial charge in [-0.1, -0.05) is 0 Å². The number of H-pyrrole nitrogens is 1. The lowest BCUT2D eigenvalue weighted by Gasteiger charge is -2.56. The molecule has 1 heterocycles. The lowest BCUT2D eigenvalue weighted by Crippen LogP contribution is -2.47. The summed E-state index contributed by atoms with van der Waals surface area (Å²) in [6.07, 6.45) is 8.96. The molecule has 4 aliphatic carbocycles. The molecule has 4 fully saturated rings. The SMILES string of the molecule is Cc1n[nH]c(C)c1CNC(=O)CC12CC3CC(CC(C3)C1)C2. The number of nitrogens with zero attached hydrogens (tertiary/aromatic N) is 1. The molecule has 120 valence electrons. The van der Waals surface area contributed by atoms with Gasteiger partial charge in [0.2, 0.25) is 5.91 Å². The average molecular weight is 301 g/mol. The number of rotatable bonds is 4. The molecule has 4 heteroatoms. The van der Waals surface area contributed by atoms with Gasteiger partial charge in [-0.15, -0.1) is 0 Å². The van der Waals surface area contributed by atoms with Crippen LogP contribution in [0.1, 0.15) is 61.9 Å². The Morgan fingerprint density at radius 2 is 1.77 bits per heavy atom. The van der Waals surface area contributed by atoms with Crippen LogP contribution in [0, 0.1) is 37.0 Å². The molecule has 0 atom stereocenters. The van der Waals surface area contributed by atoms with Crippen LogP contribution in [0.2, 0.25) is 0 Å². The first kappa shape index (κ1) is 14.3. The molecule has 1 aromatic rings. The lowest BCUT2D eigenvalue weighted by atomic mass is 9.49. The van der Waals surface area contributed by atoms with E-state index in [0.717, 1.165) is 41.1 Å². The van der Waals surface area contributed by atoms with Gasteiger partial charge in [-0.3, -0.25) is 9.89 Å². The standard InChI is InChI=1S/C18H27N3O/c1-11-16(12(2)21-20-11)10-19-17(22)9-18-6-13-3-14(7-18)5-15(4-13)8-18/h13-15H,3-10H2,1-2H3,(H,19,22)(H,20,21). The molecule has 0 saturated heterocycles. The van der Waals surface area contributed by atoms with Crippen LogP contribution in [0.25, 0.3) is 0 Å². The van der Waals surface area contributed by atoms with Crippen molar-refractivity contribution in [1.82, 2.24) is 15.5 Å². The van der Waals surface area contributed by atoms with E-state index in [2.05, 4.69) is 15.5 Å². The van der Waals surface area contributed by atoms with Gasteiger partial charge in [-0.05, 0) is 75.5 Å². The summed E-state index contributed by atoms with van der Waals surface area (Å²) in [5.74, 6) is 2.98. The molecular formula is C18H27N3O. The van der Waals surface area contributed by atoms with E-state index in [4.69, 9.17) is 0 Å². The minimum atomic E-state index is 0.238. The maximum absolute atomic E-state index is 12.5. The minimum absolute atomic E-state index is 0.238. The Morgan fingerprint density at radius 3 is 2.27 bits per heavy atom. The minimum Gasteiger partial charge on any atom is -0.352 e. The smallest absolute Gasteiger partial charge is 0.220 e. The second-order valence-corrected chi connectivity index (χ2v) is 8.28. The van der Waals surface area contributed by atoms with Crippen LogP contribution < -0.4 is 5.32 Å². The summed E-state index contributed by atoms with van der Waals surface area (Å²) in [6.45, 7) is 4.62. The summed E-state index contributed by atoms with van der Waals surface area (Å²) in [4.78, 5) is 12.5. The highest BCUT2D eigenvalue weighted by molar-refractivity contribution is 5.76. The fourth-order valence-corrected chi connectivity index (χ4v) is 5.93. The molecule has 4 bridgehead atoms. The molecular weight excluding hydrogens is 274 g/mol. The van der Waals surface area contributed by atoms with Gasteiger partial charge < -0.3 is 5.32 Å². The highest BCUT2D eigenvalue weighted by Gasteiger charge is 2.51. The topological polar surface area (TPSA) is 57.8 Å². The predicted molar refractivity (Wildman–Crippen MR) is 85.1 cm³/mol. The molecule has 1 amide bonds. The Kier molecular flexibility index (Phi) is 3.31. The molecule has 1 aromatic heterocycles. The van der Waals surface area contributed by atoms with Crippen LogP contribution in [0.4, 0.5) is 0 Å². The number of aromatic nitrogens is 2. The van der Waals surface area contributed by atoms with Gasteiger partial charge in [-0.2, -0.15) is 5.10 Å². The number of aryl methyl sites for hydroxylation is 2. The van der Waals surface area contributed by atoms with E-state index < -0.39 is 0 Å². The van der Waals surface area contributed by atoms with Gasteiger partial charge in [-0.25, -0.2) is 0 Å². The predicted octanol–water partition coefficient (Wildman–Crippen LogP) is 3.25. The summed E-state index contributed by atoms with van der Waals surface area (Å²) >= 11 is 0. The molecule has 0 aliphatic heterocycles. The zero-order chi connectivity index (χ0) is 15.3. The molecule has 22 heavy (non-hydrogen) atoms. The fraction of sp³-hybridized carbons (Fsp3) is 0.778. The van der Waals surface area contributed by atoms with Crippen molar-refractivity contribution in [2.75, 3.05) is 0 Å². The van der Waals surface area contributed by atoms with Gasteiger partial charge in [0.05, 0.1) is 5.69 Å². The van der Waals surface area contributed by atoms with Crippen LogP contribution in [0.15, 0.2) is 0 Å². The van der Waals surface area contributed by atoms with Crippen molar-refractivity contribution in [3.05, 3.63) is 17.0 Å². The van der Waals surface area contributed by atoms with E-state index >= 15 is 0 Å². The largest absolute Gasteiger partial charge is 0.352 e. The highest BCUT2D eigenvalue weighted by atomic mass is 16.1. The Labute approximate surface area is 132 Å². The van der Waals surface area contributed by atoms with Crippen LogP contribution in [-0.4, -0.2) is 16.1 Å². The number of hydrogen-bond acceptors (Lipinski definition) is 2.